The van der Waals surface area contributed by atoms with Crippen LogP contribution in [0.15, 0.2) is 22.7 Å². The summed E-state index contributed by atoms with van der Waals surface area (Å²) in [6.45, 7) is 6.50. The van der Waals surface area contributed by atoms with E-state index in [1.54, 1.807) is 7.11 Å². The Morgan fingerprint density at radius 3 is 2.88 bits per heavy atom. The van der Waals surface area contributed by atoms with Gasteiger partial charge < -0.3 is 15.0 Å². The van der Waals surface area contributed by atoms with Crippen LogP contribution in [-0.4, -0.2) is 32.3 Å². The summed E-state index contributed by atoms with van der Waals surface area (Å²) in [4.78, 5) is 2.42. The molecule has 0 saturated carbocycles. The number of hydrogen-bond donors (Lipinski definition) is 1. The van der Waals surface area contributed by atoms with Crippen LogP contribution < -0.4 is 15.0 Å². The predicted molar refractivity (Wildman–Crippen MR) is 75.0 cm³/mol. The first-order chi connectivity index (χ1) is 8.11. The molecule has 1 fully saturated rings. The number of ether oxygens (including phenoxy) is 1. The Balaban J connectivity index is 2.30. The third-order valence-electron chi connectivity index (χ3n) is 3.23. The van der Waals surface area contributed by atoms with Crippen molar-refractivity contribution in [3.8, 4) is 5.75 Å². The number of hydrogen-bond acceptors (Lipinski definition) is 3. The highest BCUT2D eigenvalue weighted by Crippen LogP contribution is 2.32. The molecule has 2 rings (SSSR count). The molecule has 0 aliphatic carbocycles. The van der Waals surface area contributed by atoms with Crippen molar-refractivity contribution < 1.29 is 4.74 Å². The minimum absolute atomic E-state index is 0.495. The Labute approximate surface area is 111 Å². The molecular weight excluding hydrogens is 280 g/mol. The molecule has 2 unspecified atom stereocenters. The van der Waals surface area contributed by atoms with Crippen molar-refractivity contribution in [2.75, 3.05) is 25.1 Å². The topological polar surface area (TPSA) is 24.5 Å². The fourth-order valence-electron chi connectivity index (χ4n) is 2.20. The second-order valence-electron chi connectivity index (χ2n) is 4.63. The Kier molecular flexibility index (Phi) is 3.94. The van der Waals surface area contributed by atoms with Crippen LogP contribution in [-0.2, 0) is 0 Å². The van der Waals surface area contributed by atoms with Crippen LogP contribution in [0.25, 0.3) is 0 Å². The molecular formula is C13H19BrN2O. The van der Waals surface area contributed by atoms with Crippen LogP contribution in [0.5, 0.6) is 5.75 Å². The standard InChI is InChI=1S/C13H19BrN2O/c1-9-8-16(10(2)7-15-9)13-6-11(17-3)4-5-12(13)14/h4-6,9-10,15H,7-8H2,1-3H3. The highest BCUT2D eigenvalue weighted by Gasteiger charge is 2.24. The van der Waals surface area contributed by atoms with E-state index in [1.807, 2.05) is 12.1 Å². The van der Waals surface area contributed by atoms with Crippen LogP contribution in [0.4, 0.5) is 5.69 Å². The molecule has 0 bridgehead atoms. The van der Waals surface area contributed by atoms with Gasteiger partial charge in [-0.05, 0) is 41.9 Å². The molecule has 17 heavy (non-hydrogen) atoms. The molecule has 4 heteroatoms. The highest BCUT2D eigenvalue weighted by molar-refractivity contribution is 9.10. The Hall–Kier alpha value is -0.740. The fourth-order valence-corrected chi connectivity index (χ4v) is 2.67. The van der Waals surface area contributed by atoms with Crippen molar-refractivity contribution in [1.82, 2.24) is 5.32 Å². The van der Waals surface area contributed by atoms with Crippen molar-refractivity contribution in [3.05, 3.63) is 22.7 Å². The van der Waals surface area contributed by atoms with Gasteiger partial charge in [0.25, 0.3) is 0 Å². The first-order valence-corrected chi connectivity index (χ1v) is 6.74. The molecule has 2 atom stereocenters. The first-order valence-electron chi connectivity index (χ1n) is 5.95. The van der Waals surface area contributed by atoms with Gasteiger partial charge in [-0.15, -0.1) is 0 Å². The minimum Gasteiger partial charge on any atom is -0.497 e. The van der Waals surface area contributed by atoms with E-state index in [-0.39, 0.29) is 0 Å². The van der Waals surface area contributed by atoms with E-state index < -0.39 is 0 Å². The predicted octanol–water partition coefficient (Wildman–Crippen LogP) is 2.64. The molecule has 94 valence electrons. The van der Waals surface area contributed by atoms with Crippen LogP contribution in [0.2, 0.25) is 0 Å². The van der Waals surface area contributed by atoms with E-state index in [0.717, 1.165) is 23.3 Å². The summed E-state index contributed by atoms with van der Waals surface area (Å²) < 4.78 is 6.42. The zero-order valence-corrected chi connectivity index (χ0v) is 12.1. The summed E-state index contributed by atoms with van der Waals surface area (Å²) in [6.07, 6.45) is 0. The zero-order valence-electron chi connectivity index (χ0n) is 10.5. The molecule has 1 N–H and O–H groups in total. The van der Waals surface area contributed by atoms with Gasteiger partial charge in [-0.3, -0.25) is 0 Å². The van der Waals surface area contributed by atoms with E-state index in [1.165, 1.54) is 5.69 Å². The monoisotopic (exact) mass is 298 g/mol. The number of rotatable bonds is 2. The molecule has 0 aromatic heterocycles. The van der Waals surface area contributed by atoms with Crippen LogP contribution in [0.3, 0.4) is 0 Å². The van der Waals surface area contributed by atoms with Crippen molar-refractivity contribution in [2.45, 2.75) is 25.9 Å². The summed E-state index contributed by atoms with van der Waals surface area (Å²) in [6, 6.07) is 7.13. The molecule has 1 aliphatic heterocycles. The number of nitrogens with one attached hydrogen (secondary N) is 1. The summed E-state index contributed by atoms with van der Waals surface area (Å²) in [5.41, 5.74) is 1.21. The lowest BCUT2D eigenvalue weighted by molar-refractivity contribution is 0.410. The number of anilines is 1. The van der Waals surface area contributed by atoms with Gasteiger partial charge in [0.1, 0.15) is 5.75 Å². The van der Waals surface area contributed by atoms with Crippen molar-refractivity contribution in [3.63, 3.8) is 0 Å². The molecule has 0 spiro atoms. The lowest BCUT2D eigenvalue weighted by Gasteiger charge is -2.39. The van der Waals surface area contributed by atoms with Gasteiger partial charge in [0.2, 0.25) is 0 Å². The van der Waals surface area contributed by atoms with E-state index >= 15 is 0 Å². The lowest BCUT2D eigenvalue weighted by Crippen LogP contribution is -2.54. The van der Waals surface area contributed by atoms with Gasteiger partial charge >= 0.3 is 0 Å². The molecule has 0 radical (unpaired) electrons. The maximum atomic E-state index is 5.30. The van der Waals surface area contributed by atoms with E-state index in [0.29, 0.717) is 12.1 Å². The molecule has 1 heterocycles. The summed E-state index contributed by atoms with van der Waals surface area (Å²) in [7, 11) is 1.71. The quantitative estimate of drug-likeness (QED) is 0.908. The normalized spacial score (nSPS) is 24.8. The van der Waals surface area contributed by atoms with Gasteiger partial charge in [0, 0.05) is 35.7 Å². The molecule has 1 saturated heterocycles. The lowest BCUT2D eigenvalue weighted by atomic mass is 10.1. The zero-order chi connectivity index (χ0) is 12.4. The average molecular weight is 299 g/mol. The van der Waals surface area contributed by atoms with Crippen molar-refractivity contribution >= 4 is 21.6 Å². The van der Waals surface area contributed by atoms with Crippen LogP contribution >= 0.6 is 15.9 Å². The molecule has 1 aliphatic rings. The van der Waals surface area contributed by atoms with E-state index in [9.17, 15) is 0 Å². The van der Waals surface area contributed by atoms with Gasteiger partial charge in [0.15, 0.2) is 0 Å². The maximum Gasteiger partial charge on any atom is 0.121 e. The van der Waals surface area contributed by atoms with Gasteiger partial charge in [-0.1, -0.05) is 0 Å². The first kappa shape index (κ1) is 12.7. The molecule has 3 nitrogen and oxygen atoms in total. The number of nitrogens with zero attached hydrogens (tertiary/aromatic N) is 1. The largest absolute Gasteiger partial charge is 0.497 e. The Bertz CT molecular complexity index is 397. The molecule has 1 aromatic carbocycles. The van der Waals surface area contributed by atoms with Gasteiger partial charge in [0.05, 0.1) is 12.8 Å². The summed E-state index contributed by atoms with van der Waals surface area (Å²) in [5.74, 6) is 0.904. The van der Waals surface area contributed by atoms with Crippen molar-refractivity contribution in [1.29, 1.82) is 0 Å². The number of benzene rings is 1. The van der Waals surface area contributed by atoms with Gasteiger partial charge in [-0.25, -0.2) is 0 Å². The smallest absolute Gasteiger partial charge is 0.121 e. The summed E-state index contributed by atoms with van der Waals surface area (Å²) >= 11 is 3.62. The SMILES string of the molecule is COc1ccc(Br)c(N2CC(C)NCC2C)c1. The maximum absolute atomic E-state index is 5.30. The number of piperazine rings is 1. The molecule has 1 aromatic rings. The Morgan fingerprint density at radius 1 is 1.41 bits per heavy atom. The summed E-state index contributed by atoms with van der Waals surface area (Å²) in [5, 5.41) is 3.49. The van der Waals surface area contributed by atoms with Gasteiger partial charge in [-0.2, -0.15) is 0 Å². The number of methoxy groups -OCH3 is 1. The molecule has 0 amide bonds. The van der Waals surface area contributed by atoms with E-state index in [4.69, 9.17) is 4.74 Å². The second-order valence-corrected chi connectivity index (χ2v) is 5.48. The van der Waals surface area contributed by atoms with Crippen LogP contribution in [0.1, 0.15) is 13.8 Å². The third kappa shape index (κ3) is 2.75. The number of halogens is 1. The fraction of sp³-hybridized carbons (Fsp3) is 0.538. The minimum atomic E-state index is 0.495. The highest BCUT2D eigenvalue weighted by atomic mass is 79.9. The second kappa shape index (κ2) is 5.27. The third-order valence-corrected chi connectivity index (χ3v) is 3.90. The average Bonchev–Trinajstić information content (AvgIpc) is 2.33. The Morgan fingerprint density at radius 2 is 2.18 bits per heavy atom. The van der Waals surface area contributed by atoms with Crippen molar-refractivity contribution in [2.24, 2.45) is 0 Å². The van der Waals surface area contributed by atoms with E-state index in [2.05, 4.69) is 46.1 Å². The van der Waals surface area contributed by atoms with Crippen LogP contribution in [0, 0.1) is 0 Å².